The van der Waals surface area contributed by atoms with E-state index in [2.05, 4.69) is 9.97 Å². The molecule has 0 bridgehead atoms. The molecule has 0 fully saturated rings. The van der Waals surface area contributed by atoms with Crippen molar-refractivity contribution < 1.29 is 0 Å². The third-order valence-corrected chi connectivity index (χ3v) is 3.08. The van der Waals surface area contributed by atoms with E-state index in [9.17, 15) is 0 Å². The fourth-order valence-electron chi connectivity index (χ4n) is 2.13. The first-order chi connectivity index (χ1) is 8.83. The molecule has 0 saturated heterocycles. The number of aromatic amines is 1. The predicted molar refractivity (Wildman–Crippen MR) is 73.2 cm³/mol. The van der Waals surface area contributed by atoms with Crippen LogP contribution in [0.15, 0.2) is 54.6 Å². The summed E-state index contributed by atoms with van der Waals surface area (Å²) in [5.74, 6) is 0.938. The summed E-state index contributed by atoms with van der Waals surface area (Å²) in [6.45, 7) is 0. The van der Waals surface area contributed by atoms with Crippen molar-refractivity contribution in [3.8, 4) is 0 Å². The second-order valence-electron chi connectivity index (χ2n) is 4.42. The number of aromatic nitrogens is 2. The normalized spacial score (nSPS) is 12.7. The summed E-state index contributed by atoms with van der Waals surface area (Å²) in [4.78, 5) is 7.85. The molecule has 0 amide bonds. The van der Waals surface area contributed by atoms with Crippen molar-refractivity contribution in [1.29, 1.82) is 0 Å². The lowest BCUT2D eigenvalue weighted by atomic mass is 10.0. The number of hydrogen-bond donors (Lipinski definition) is 2. The molecule has 0 aliphatic carbocycles. The zero-order valence-electron chi connectivity index (χ0n) is 10.0. The molecule has 18 heavy (non-hydrogen) atoms. The molecule has 0 unspecified atom stereocenters. The predicted octanol–water partition coefficient (Wildman–Crippen LogP) is 2.81. The topological polar surface area (TPSA) is 54.7 Å². The van der Waals surface area contributed by atoms with Crippen LogP contribution in [0.1, 0.15) is 17.4 Å². The van der Waals surface area contributed by atoms with Crippen molar-refractivity contribution in [3.63, 3.8) is 0 Å². The number of fused-ring (bicyclic) bond motifs is 1. The van der Waals surface area contributed by atoms with Gasteiger partial charge < -0.3 is 10.7 Å². The van der Waals surface area contributed by atoms with Crippen LogP contribution >= 0.6 is 0 Å². The maximum atomic E-state index is 6.19. The van der Waals surface area contributed by atoms with Crippen molar-refractivity contribution in [3.05, 3.63) is 66.0 Å². The van der Waals surface area contributed by atoms with E-state index in [4.69, 9.17) is 5.73 Å². The summed E-state index contributed by atoms with van der Waals surface area (Å²) in [5, 5.41) is 0. The van der Waals surface area contributed by atoms with Crippen molar-refractivity contribution in [2.45, 2.75) is 12.5 Å². The number of nitrogens with two attached hydrogens (primary N) is 1. The molecule has 1 atom stereocenters. The molecule has 1 aromatic heterocycles. The van der Waals surface area contributed by atoms with E-state index >= 15 is 0 Å². The fourth-order valence-corrected chi connectivity index (χ4v) is 2.13. The van der Waals surface area contributed by atoms with Crippen molar-refractivity contribution in [1.82, 2.24) is 9.97 Å². The molecule has 0 aliphatic heterocycles. The summed E-state index contributed by atoms with van der Waals surface area (Å²) < 4.78 is 0. The van der Waals surface area contributed by atoms with E-state index in [1.54, 1.807) is 0 Å². The lowest BCUT2D eigenvalue weighted by Gasteiger charge is -2.09. The summed E-state index contributed by atoms with van der Waals surface area (Å²) in [6, 6.07) is 18.1. The molecule has 0 aliphatic rings. The van der Waals surface area contributed by atoms with Crippen LogP contribution in [0.5, 0.6) is 0 Å². The first-order valence-corrected chi connectivity index (χ1v) is 6.07. The SMILES string of the molecule is N[C@@H](Cc1nc2ccccc2[nH]1)c1ccccc1. The number of para-hydroxylation sites is 2. The lowest BCUT2D eigenvalue weighted by Crippen LogP contribution is -2.13. The van der Waals surface area contributed by atoms with Gasteiger partial charge in [-0.25, -0.2) is 4.98 Å². The van der Waals surface area contributed by atoms with E-state index in [1.807, 2.05) is 54.6 Å². The number of nitrogens with zero attached hydrogens (tertiary/aromatic N) is 1. The number of benzene rings is 2. The minimum Gasteiger partial charge on any atom is -0.342 e. The molecule has 90 valence electrons. The fraction of sp³-hybridized carbons (Fsp3) is 0.133. The van der Waals surface area contributed by atoms with Crippen LogP contribution < -0.4 is 5.73 Å². The van der Waals surface area contributed by atoms with Crippen LogP contribution in [-0.2, 0) is 6.42 Å². The highest BCUT2D eigenvalue weighted by molar-refractivity contribution is 5.74. The molecular weight excluding hydrogens is 222 g/mol. The molecule has 0 spiro atoms. The van der Waals surface area contributed by atoms with Gasteiger partial charge in [0.25, 0.3) is 0 Å². The van der Waals surface area contributed by atoms with Gasteiger partial charge in [0.05, 0.1) is 11.0 Å². The van der Waals surface area contributed by atoms with Crippen molar-refractivity contribution in [2.24, 2.45) is 5.73 Å². The minimum absolute atomic E-state index is 0.0215. The molecular formula is C15H15N3. The van der Waals surface area contributed by atoms with E-state index < -0.39 is 0 Å². The van der Waals surface area contributed by atoms with Gasteiger partial charge in [0.1, 0.15) is 5.82 Å². The van der Waals surface area contributed by atoms with Crippen LogP contribution in [0.4, 0.5) is 0 Å². The van der Waals surface area contributed by atoms with Gasteiger partial charge in [-0.2, -0.15) is 0 Å². The van der Waals surface area contributed by atoms with Gasteiger partial charge in [-0.05, 0) is 17.7 Å². The second-order valence-corrected chi connectivity index (χ2v) is 4.42. The van der Waals surface area contributed by atoms with Gasteiger partial charge in [0, 0.05) is 12.5 Å². The maximum Gasteiger partial charge on any atom is 0.109 e. The smallest absolute Gasteiger partial charge is 0.109 e. The Hall–Kier alpha value is -2.13. The third kappa shape index (κ3) is 2.13. The van der Waals surface area contributed by atoms with Gasteiger partial charge in [-0.1, -0.05) is 42.5 Å². The number of nitrogens with one attached hydrogen (secondary N) is 1. The van der Waals surface area contributed by atoms with E-state index in [0.29, 0.717) is 0 Å². The molecule has 3 rings (SSSR count). The highest BCUT2D eigenvalue weighted by atomic mass is 14.9. The number of hydrogen-bond acceptors (Lipinski definition) is 2. The number of imidazole rings is 1. The van der Waals surface area contributed by atoms with Gasteiger partial charge in [0.2, 0.25) is 0 Å². The molecule has 3 aromatic rings. The van der Waals surface area contributed by atoms with E-state index in [0.717, 1.165) is 28.8 Å². The highest BCUT2D eigenvalue weighted by Gasteiger charge is 2.09. The van der Waals surface area contributed by atoms with Crippen LogP contribution in [0, 0.1) is 0 Å². The Bertz CT molecular complexity index is 610. The van der Waals surface area contributed by atoms with Gasteiger partial charge in [-0.15, -0.1) is 0 Å². The summed E-state index contributed by atoms with van der Waals surface area (Å²) in [7, 11) is 0. The second kappa shape index (κ2) is 4.63. The zero-order chi connectivity index (χ0) is 12.4. The number of rotatable bonds is 3. The average Bonchev–Trinajstić information content (AvgIpc) is 2.82. The number of H-pyrrole nitrogens is 1. The summed E-state index contributed by atoms with van der Waals surface area (Å²) >= 11 is 0. The minimum atomic E-state index is -0.0215. The van der Waals surface area contributed by atoms with E-state index in [1.165, 1.54) is 0 Å². The molecule has 0 saturated carbocycles. The Morgan fingerprint density at radius 1 is 1.00 bits per heavy atom. The van der Waals surface area contributed by atoms with Crippen LogP contribution in [0.2, 0.25) is 0 Å². The van der Waals surface area contributed by atoms with Crippen LogP contribution in [0.25, 0.3) is 11.0 Å². The quantitative estimate of drug-likeness (QED) is 0.736. The summed E-state index contributed by atoms with van der Waals surface area (Å²) in [6.07, 6.45) is 0.721. The van der Waals surface area contributed by atoms with E-state index in [-0.39, 0.29) is 6.04 Å². The largest absolute Gasteiger partial charge is 0.342 e. The molecule has 0 radical (unpaired) electrons. The van der Waals surface area contributed by atoms with Crippen molar-refractivity contribution in [2.75, 3.05) is 0 Å². The lowest BCUT2D eigenvalue weighted by molar-refractivity contribution is 0.696. The Kier molecular flexibility index (Phi) is 2.82. The van der Waals surface area contributed by atoms with Gasteiger partial charge in [-0.3, -0.25) is 0 Å². The van der Waals surface area contributed by atoms with Gasteiger partial charge in [0.15, 0.2) is 0 Å². The van der Waals surface area contributed by atoms with Gasteiger partial charge >= 0.3 is 0 Å². The Labute approximate surface area is 106 Å². The molecule has 3 heteroatoms. The Balaban J connectivity index is 1.84. The van der Waals surface area contributed by atoms with Crippen LogP contribution in [0.3, 0.4) is 0 Å². The van der Waals surface area contributed by atoms with Crippen molar-refractivity contribution >= 4 is 11.0 Å². The third-order valence-electron chi connectivity index (χ3n) is 3.08. The molecule has 1 heterocycles. The standard InChI is InChI=1S/C15H15N3/c16-12(11-6-2-1-3-7-11)10-15-17-13-8-4-5-9-14(13)18-15/h1-9,12H,10,16H2,(H,17,18)/t12-/m0/s1. The molecule has 3 nitrogen and oxygen atoms in total. The first kappa shape index (κ1) is 11.0. The monoisotopic (exact) mass is 237 g/mol. The maximum absolute atomic E-state index is 6.19. The Morgan fingerprint density at radius 3 is 2.50 bits per heavy atom. The molecule has 2 aromatic carbocycles. The Morgan fingerprint density at radius 2 is 1.72 bits per heavy atom. The average molecular weight is 237 g/mol. The molecule has 3 N–H and O–H groups in total. The highest BCUT2D eigenvalue weighted by Crippen LogP contribution is 2.16. The first-order valence-electron chi connectivity index (χ1n) is 6.07. The summed E-state index contributed by atoms with van der Waals surface area (Å²) in [5.41, 5.74) is 9.38. The van der Waals surface area contributed by atoms with Crippen LogP contribution in [-0.4, -0.2) is 9.97 Å². The zero-order valence-corrected chi connectivity index (χ0v) is 10.0.